The maximum atomic E-state index is 11.5. The van der Waals surface area contributed by atoms with E-state index in [-0.39, 0.29) is 6.03 Å². The molecule has 2 heterocycles. The highest BCUT2D eigenvalue weighted by molar-refractivity contribution is 5.89. The molecule has 2 aromatic heterocycles. The van der Waals surface area contributed by atoms with Crippen molar-refractivity contribution in [3.63, 3.8) is 0 Å². The Hall–Kier alpha value is -2.48. The van der Waals surface area contributed by atoms with Crippen LogP contribution in [0.25, 0.3) is 5.82 Å². The number of pyridine rings is 1. The first-order valence-corrected chi connectivity index (χ1v) is 5.64. The van der Waals surface area contributed by atoms with Crippen molar-refractivity contribution in [2.24, 2.45) is 0 Å². The number of carbonyl (C=O) groups is 1. The predicted molar refractivity (Wildman–Crippen MR) is 68.1 cm³/mol. The van der Waals surface area contributed by atoms with Crippen molar-refractivity contribution in [3.8, 4) is 5.82 Å². The molecule has 0 spiro atoms. The highest BCUT2D eigenvalue weighted by atomic mass is 16.5. The molecule has 0 aliphatic heterocycles. The van der Waals surface area contributed by atoms with Crippen LogP contribution in [0.15, 0.2) is 31.0 Å². The van der Waals surface area contributed by atoms with E-state index in [1.165, 1.54) is 0 Å². The molecule has 0 fully saturated rings. The Balaban J connectivity index is 1.90. The van der Waals surface area contributed by atoms with E-state index in [9.17, 15) is 4.79 Å². The first-order valence-electron chi connectivity index (χ1n) is 5.64. The lowest BCUT2D eigenvalue weighted by atomic mass is 10.4. The van der Waals surface area contributed by atoms with Crippen LogP contribution in [0.5, 0.6) is 0 Å². The first-order chi connectivity index (χ1) is 9.29. The Bertz CT molecular complexity index is 510. The van der Waals surface area contributed by atoms with Crippen LogP contribution in [0, 0.1) is 0 Å². The van der Waals surface area contributed by atoms with E-state index in [0.717, 1.165) is 0 Å². The number of anilines is 1. The number of nitrogens with one attached hydrogen (secondary N) is 2. The quantitative estimate of drug-likeness (QED) is 0.762. The third kappa shape index (κ3) is 3.75. The molecule has 19 heavy (non-hydrogen) atoms. The highest BCUT2D eigenvalue weighted by Crippen LogP contribution is 2.08. The number of carbonyl (C=O) groups excluding carboxylic acids is 1. The van der Waals surface area contributed by atoms with Gasteiger partial charge in [-0.25, -0.2) is 9.78 Å². The Kier molecular flexibility index (Phi) is 4.40. The lowest BCUT2D eigenvalue weighted by Gasteiger charge is -2.07. The number of amides is 2. The van der Waals surface area contributed by atoms with Crippen molar-refractivity contribution >= 4 is 11.7 Å². The summed E-state index contributed by atoms with van der Waals surface area (Å²) in [5.41, 5.74) is 0.603. The van der Waals surface area contributed by atoms with Crippen LogP contribution >= 0.6 is 0 Å². The monoisotopic (exact) mass is 262 g/mol. The zero-order valence-electron chi connectivity index (χ0n) is 10.4. The summed E-state index contributed by atoms with van der Waals surface area (Å²) in [6.45, 7) is 0.923. The average Bonchev–Trinajstić information content (AvgIpc) is 2.94. The van der Waals surface area contributed by atoms with Gasteiger partial charge < -0.3 is 15.4 Å². The lowest BCUT2D eigenvalue weighted by Crippen LogP contribution is -2.31. The molecular weight excluding hydrogens is 248 g/mol. The van der Waals surface area contributed by atoms with Crippen molar-refractivity contribution in [1.82, 2.24) is 25.1 Å². The molecule has 0 aliphatic carbocycles. The number of rotatable bonds is 5. The van der Waals surface area contributed by atoms with Gasteiger partial charge in [0.2, 0.25) is 0 Å². The van der Waals surface area contributed by atoms with Crippen LogP contribution < -0.4 is 10.6 Å². The number of hydrogen-bond donors (Lipinski definition) is 2. The summed E-state index contributed by atoms with van der Waals surface area (Å²) in [6, 6.07) is 3.21. The van der Waals surface area contributed by atoms with E-state index in [4.69, 9.17) is 4.74 Å². The summed E-state index contributed by atoms with van der Waals surface area (Å²) in [4.78, 5) is 15.7. The summed E-state index contributed by atoms with van der Waals surface area (Å²) >= 11 is 0. The minimum absolute atomic E-state index is 0.295. The number of nitrogens with zero attached hydrogens (tertiary/aromatic N) is 4. The standard InChI is InChI=1S/C11H14N6O2/c1-19-5-4-12-11(18)16-9-2-3-10(13-6-9)17-7-14-15-8-17/h2-3,6-8H,4-5H2,1H3,(H2,12,16,18). The third-order valence-corrected chi connectivity index (χ3v) is 2.28. The van der Waals surface area contributed by atoms with E-state index in [1.807, 2.05) is 0 Å². The maximum absolute atomic E-state index is 11.5. The van der Waals surface area contributed by atoms with Gasteiger partial charge in [-0.15, -0.1) is 10.2 Å². The van der Waals surface area contributed by atoms with Crippen molar-refractivity contribution < 1.29 is 9.53 Å². The van der Waals surface area contributed by atoms with Gasteiger partial charge >= 0.3 is 6.03 Å². The Morgan fingerprint density at radius 2 is 2.16 bits per heavy atom. The Morgan fingerprint density at radius 3 is 2.79 bits per heavy atom. The zero-order valence-corrected chi connectivity index (χ0v) is 10.4. The molecule has 2 amide bonds. The molecule has 0 unspecified atom stereocenters. The van der Waals surface area contributed by atoms with Gasteiger partial charge in [-0.05, 0) is 12.1 Å². The highest BCUT2D eigenvalue weighted by Gasteiger charge is 2.02. The molecule has 8 nitrogen and oxygen atoms in total. The summed E-state index contributed by atoms with van der Waals surface area (Å²) < 4.78 is 6.50. The van der Waals surface area contributed by atoms with Crippen LogP contribution in [0.1, 0.15) is 0 Å². The van der Waals surface area contributed by atoms with Crippen LogP contribution in [0.3, 0.4) is 0 Å². The van der Waals surface area contributed by atoms with Gasteiger partial charge in [0, 0.05) is 13.7 Å². The molecule has 2 aromatic rings. The molecular formula is C11H14N6O2. The fraction of sp³-hybridized carbons (Fsp3) is 0.273. The van der Waals surface area contributed by atoms with Gasteiger partial charge in [-0.2, -0.15) is 0 Å². The fourth-order valence-corrected chi connectivity index (χ4v) is 1.37. The number of urea groups is 1. The van der Waals surface area contributed by atoms with Crippen LogP contribution in [0.2, 0.25) is 0 Å². The van der Waals surface area contributed by atoms with Crippen LogP contribution in [-0.2, 0) is 4.74 Å². The van der Waals surface area contributed by atoms with Crippen LogP contribution in [-0.4, -0.2) is 46.0 Å². The summed E-state index contributed by atoms with van der Waals surface area (Å²) in [5, 5.41) is 12.7. The minimum atomic E-state index is -0.295. The molecule has 2 N–H and O–H groups in total. The number of aromatic nitrogens is 4. The smallest absolute Gasteiger partial charge is 0.319 e. The van der Waals surface area contributed by atoms with Crippen molar-refractivity contribution in [2.75, 3.05) is 25.6 Å². The number of methoxy groups -OCH3 is 1. The van der Waals surface area contributed by atoms with Crippen molar-refractivity contribution in [1.29, 1.82) is 0 Å². The predicted octanol–water partition coefficient (Wildman–Crippen LogP) is 0.430. The van der Waals surface area contributed by atoms with Crippen molar-refractivity contribution in [2.45, 2.75) is 0 Å². The van der Waals surface area contributed by atoms with Gasteiger partial charge in [-0.3, -0.25) is 4.57 Å². The van der Waals surface area contributed by atoms with Gasteiger partial charge in [0.25, 0.3) is 0 Å². The molecule has 0 radical (unpaired) electrons. The zero-order chi connectivity index (χ0) is 13.5. The lowest BCUT2D eigenvalue weighted by molar-refractivity contribution is 0.198. The third-order valence-electron chi connectivity index (χ3n) is 2.28. The molecule has 0 bridgehead atoms. The van der Waals surface area contributed by atoms with E-state index in [1.54, 1.807) is 42.7 Å². The molecule has 0 saturated carbocycles. The second-order valence-electron chi connectivity index (χ2n) is 3.65. The minimum Gasteiger partial charge on any atom is -0.383 e. The normalized spacial score (nSPS) is 10.2. The SMILES string of the molecule is COCCNC(=O)Nc1ccc(-n2cnnc2)nc1. The topological polar surface area (TPSA) is 94.0 Å². The average molecular weight is 262 g/mol. The molecule has 100 valence electrons. The van der Waals surface area contributed by atoms with E-state index >= 15 is 0 Å². The molecule has 0 saturated heterocycles. The van der Waals surface area contributed by atoms with E-state index in [2.05, 4.69) is 25.8 Å². The second-order valence-corrected chi connectivity index (χ2v) is 3.65. The number of ether oxygens (including phenoxy) is 1. The Morgan fingerprint density at radius 1 is 1.37 bits per heavy atom. The summed E-state index contributed by atoms with van der Waals surface area (Å²) in [6.07, 6.45) is 4.66. The number of hydrogen-bond acceptors (Lipinski definition) is 5. The molecule has 8 heteroatoms. The van der Waals surface area contributed by atoms with Gasteiger partial charge in [-0.1, -0.05) is 0 Å². The fourth-order valence-electron chi connectivity index (χ4n) is 1.37. The van der Waals surface area contributed by atoms with E-state index in [0.29, 0.717) is 24.7 Å². The molecule has 0 aromatic carbocycles. The summed E-state index contributed by atoms with van der Waals surface area (Å²) in [7, 11) is 1.58. The second kappa shape index (κ2) is 6.45. The largest absolute Gasteiger partial charge is 0.383 e. The molecule has 0 atom stereocenters. The van der Waals surface area contributed by atoms with E-state index < -0.39 is 0 Å². The van der Waals surface area contributed by atoms with Crippen LogP contribution in [0.4, 0.5) is 10.5 Å². The maximum Gasteiger partial charge on any atom is 0.319 e. The molecule has 2 rings (SSSR count). The van der Waals surface area contributed by atoms with Gasteiger partial charge in [0.15, 0.2) is 0 Å². The molecule has 0 aliphatic rings. The summed E-state index contributed by atoms with van der Waals surface area (Å²) in [5.74, 6) is 0.676. The van der Waals surface area contributed by atoms with Crippen molar-refractivity contribution in [3.05, 3.63) is 31.0 Å². The first kappa shape index (κ1) is 13.0. The Labute approximate surface area is 109 Å². The van der Waals surface area contributed by atoms with Gasteiger partial charge in [0.1, 0.15) is 18.5 Å². The van der Waals surface area contributed by atoms with Gasteiger partial charge in [0.05, 0.1) is 18.5 Å².